The third kappa shape index (κ3) is 2.69. The first kappa shape index (κ1) is 14.6. The zero-order chi connectivity index (χ0) is 16.7. The van der Waals surface area contributed by atoms with Crippen molar-refractivity contribution in [3.05, 3.63) is 66.0 Å². The highest BCUT2D eigenvalue weighted by Crippen LogP contribution is 2.36. The SMILES string of the molecule is C=C(Cc1nc2cccc(-c3ccc(C(N)=O)cc3)n2n1)C1CC1. The van der Waals surface area contributed by atoms with Gasteiger partial charge in [-0.3, -0.25) is 4.79 Å². The van der Waals surface area contributed by atoms with Gasteiger partial charge in [0.1, 0.15) is 0 Å². The van der Waals surface area contributed by atoms with Crippen LogP contribution in [0.25, 0.3) is 16.9 Å². The molecule has 0 unspecified atom stereocenters. The Hall–Kier alpha value is -2.95. The summed E-state index contributed by atoms with van der Waals surface area (Å²) in [4.78, 5) is 15.8. The van der Waals surface area contributed by atoms with E-state index in [2.05, 4.69) is 16.7 Å². The van der Waals surface area contributed by atoms with Gasteiger partial charge in [0.05, 0.1) is 5.69 Å². The molecular formula is C19H18N4O. The first-order valence-electron chi connectivity index (χ1n) is 8.04. The van der Waals surface area contributed by atoms with Crippen molar-refractivity contribution < 1.29 is 4.79 Å². The van der Waals surface area contributed by atoms with E-state index in [0.717, 1.165) is 29.1 Å². The number of pyridine rings is 1. The van der Waals surface area contributed by atoms with Crippen LogP contribution in [0.3, 0.4) is 0 Å². The van der Waals surface area contributed by atoms with E-state index in [0.29, 0.717) is 11.5 Å². The van der Waals surface area contributed by atoms with Crippen LogP contribution in [0.2, 0.25) is 0 Å². The maximum absolute atomic E-state index is 11.2. The van der Waals surface area contributed by atoms with Crippen molar-refractivity contribution >= 4 is 11.6 Å². The Morgan fingerprint density at radius 3 is 2.62 bits per heavy atom. The molecule has 0 atom stereocenters. The highest BCUT2D eigenvalue weighted by Gasteiger charge is 2.25. The average molecular weight is 318 g/mol. The minimum Gasteiger partial charge on any atom is -0.366 e. The number of carbonyl (C=O) groups excluding carboxylic acids is 1. The number of nitrogens with zero attached hydrogens (tertiary/aromatic N) is 3. The second-order valence-corrected chi connectivity index (χ2v) is 6.26. The predicted molar refractivity (Wildman–Crippen MR) is 92.5 cm³/mol. The van der Waals surface area contributed by atoms with Gasteiger partial charge in [-0.05, 0) is 43.0 Å². The Labute approximate surface area is 139 Å². The highest BCUT2D eigenvalue weighted by molar-refractivity contribution is 5.93. The number of hydrogen-bond acceptors (Lipinski definition) is 3. The summed E-state index contributed by atoms with van der Waals surface area (Å²) in [5.74, 6) is 1.02. The molecule has 5 nitrogen and oxygen atoms in total. The standard InChI is InChI=1S/C19H18N4O/c1-12(13-5-6-13)11-17-21-18-4-2-3-16(23(18)22-17)14-7-9-15(10-8-14)19(20)24/h2-4,7-10,13H,1,5-6,11H2,(H2,20,24). The molecule has 1 aromatic carbocycles. The fourth-order valence-electron chi connectivity index (χ4n) is 2.89. The van der Waals surface area contributed by atoms with Crippen LogP contribution in [0, 0.1) is 5.92 Å². The lowest BCUT2D eigenvalue weighted by Gasteiger charge is -2.05. The molecule has 0 saturated heterocycles. The van der Waals surface area contributed by atoms with Gasteiger partial charge < -0.3 is 5.73 Å². The van der Waals surface area contributed by atoms with Gasteiger partial charge in [-0.2, -0.15) is 5.10 Å². The number of nitrogens with two attached hydrogens (primary N) is 1. The summed E-state index contributed by atoms with van der Waals surface area (Å²) in [6.07, 6.45) is 3.21. The van der Waals surface area contributed by atoms with E-state index in [1.165, 1.54) is 18.4 Å². The van der Waals surface area contributed by atoms with E-state index in [9.17, 15) is 4.79 Å². The molecule has 0 aliphatic heterocycles. The van der Waals surface area contributed by atoms with Gasteiger partial charge in [0.2, 0.25) is 5.91 Å². The van der Waals surface area contributed by atoms with Gasteiger partial charge in [0.25, 0.3) is 0 Å². The number of carbonyl (C=O) groups is 1. The summed E-state index contributed by atoms with van der Waals surface area (Å²) in [5.41, 5.74) is 9.71. The number of amides is 1. The zero-order valence-electron chi connectivity index (χ0n) is 13.3. The number of fused-ring (bicyclic) bond motifs is 1. The molecule has 1 saturated carbocycles. The highest BCUT2D eigenvalue weighted by atomic mass is 16.1. The molecular weight excluding hydrogens is 300 g/mol. The number of hydrogen-bond donors (Lipinski definition) is 1. The normalized spacial score (nSPS) is 14.0. The topological polar surface area (TPSA) is 73.3 Å². The number of aromatic nitrogens is 3. The van der Waals surface area contributed by atoms with Gasteiger partial charge in [-0.1, -0.05) is 30.4 Å². The number of allylic oxidation sites excluding steroid dienone is 1. The van der Waals surface area contributed by atoms with E-state index >= 15 is 0 Å². The van der Waals surface area contributed by atoms with Crippen LogP contribution in [0.5, 0.6) is 0 Å². The van der Waals surface area contributed by atoms with Crippen LogP contribution in [0.4, 0.5) is 0 Å². The smallest absolute Gasteiger partial charge is 0.248 e. The molecule has 0 spiro atoms. The summed E-state index contributed by atoms with van der Waals surface area (Å²) in [5, 5.41) is 4.65. The molecule has 4 rings (SSSR count). The molecule has 0 radical (unpaired) electrons. The predicted octanol–water partition coefficient (Wildman–Crippen LogP) is 3.00. The monoisotopic (exact) mass is 318 g/mol. The number of primary amides is 1. The van der Waals surface area contributed by atoms with E-state index in [1.54, 1.807) is 12.1 Å². The van der Waals surface area contributed by atoms with Gasteiger partial charge in [0.15, 0.2) is 11.5 Å². The van der Waals surface area contributed by atoms with Gasteiger partial charge in [0, 0.05) is 17.5 Å². The minimum atomic E-state index is -0.429. The van der Waals surface area contributed by atoms with Crippen molar-refractivity contribution in [1.82, 2.24) is 14.6 Å². The van der Waals surface area contributed by atoms with E-state index < -0.39 is 5.91 Å². The molecule has 2 aromatic heterocycles. The lowest BCUT2D eigenvalue weighted by atomic mass is 10.1. The second kappa shape index (κ2) is 5.60. The fraction of sp³-hybridized carbons (Fsp3) is 0.211. The Morgan fingerprint density at radius 1 is 1.21 bits per heavy atom. The number of benzene rings is 1. The van der Waals surface area contributed by atoms with Gasteiger partial charge in [-0.15, -0.1) is 0 Å². The molecule has 120 valence electrons. The summed E-state index contributed by atoms with van der Waals surface area (Å²) in [6.45, 7) is 4.16. The van der Waals surface area contributed by atoms with Gasteiger partial charge in [-0.25, -0.2) is 9.50 Å². The van der Waals surface area contributed by atoms with Crippen LogP contribution in [-0.2, 0) is 6.42 Å². The van der Waals surface area contributed by atoms with Crippen LogP contribution < -0.4 is 5.73 Å². The summed E-state index contributed by atoms with van der Waals surface area (Å²) in [7, 11) is 0. The molecule has 5 heteroatoms. The largest absolute Gasteiger partial charge is 0.366 e. The fourth-order valence-corrected chi connectivity index (χ4v) is 2.89. The Kier molecular flexibility index (Phi) is 3.41. The first-order valence-corrected chi connectivity index (χ1v) is 8.04. The third-order valence-electron chi connectivity index (χ3n) is 4.41. The maximum atomic E-state index is 11.2. The summed E-state index contributed by atoms with van der Waals surface area (Å²) < 4.78 is 1.84. The minimum absolute atomic E-state index is 0.429. The second-order valence-electron chi connectivity index (χ2n) is 6.26. The number of rotatable bonds is 5. The molecule has 0 bridgehead atoms. The quantitative estimate of drug-likeness (QED) is 0.735. The Balaban J connectivity index is 1.70. The zero-order valence-corrected chi connectivity index (χ0v) is 13.3. The first-order chi connectivity index (χ1) is 11.6. The van der Waals surface area contributed by atoms with Crippen molar-refractivity contribution in [3.63, 3.8) is 0 Å². The maximum Gasteiger partial charge on any atom is 0.248 e. The van der Waals surface area contributed by atoms with Crippen LogP contribution in [0.1, 0.15) is 29.0 Å². The van der Waals surface area contributed by atoms with Crippen molar-refractivity contribution in [2.45, 2.75) is 19.3 Å². The van der Waals surface area contributed by atoms with Gasteiger partial charge >= 0.3 is 0 Å². The third-order valence-corrected chi connectivity index (χ3v) is 4.41. The van der Waals surface area contributed by atoms with E-state index in [-0.39, 0.29) is 0 Å². The van der Waals surface area contributed by atoms with Crippen molar-refractivity contribution in [2.75, 3.05) is 0 Å². The summed E-state index contributed by atoms with van der Waals surface area (Å²) >= 11 is 0. The van der Waals surface area contributed by atoms with Crippen molar-refractivity contribution in [3.8, 4) is 11.3 Å². The van der Waals surface area contributed by atoms with E-state index in [1.807, 2.05) is 34.8 Å². The van der Waals surface area contributed by atoms with Crippen LogP contribution in [-0.4, -0.2) is 20.5 Å². The lowest BCUT2D eigenvalue weighted by Crippen LogP contribution is -2.10. The molecule has 3 aromatic rings. The molecule has 24 heavy (non-hydrogen) atoms. The van der Waals surface area contributed by atoms with E-state index in [4.69, 9.17) is 5.73 Å². The Bertz CT molecular complexity index is 936. The molecule has 2 N–H and O–H groups in total. The molecule has 2 heterocycles. The van der Waals surface area contributed by atoms with Crippen molar-refractivity contribution in [2.24, 2.45) is 11.7 Å². The Morgan fingerprint density at radius 2 is 1.96 bits per heavy atom. The molecule has 1 fully saturated rings. The molecule has 1 aliphatic carbocycles. The average Bonchev–Trinajstić information content (AvgIpc) is 3.35. The summed E-state index contributed by atoms with van der Waals surface area (Å²) in [6, 6.07) is 13.1. The molecule has 1 amide bonds. The van der Waals surface area contributed by atoms with Crippen molar-refractivity contribution in [1.29, 1.82) is 0 Å². The van der Waals surface area contributed by atoms with Crippen LogP contribution >= 0.6 is 0 Å². The van der Waals surface area contributed by atoms with Crippen LogP contribution in [0.15, 0.2) is 54.6 Å². The lowest BCUT2D eigenvalue weighted by molar-refractivity contribution is 0.100. The molecule has 1 aliphatic rings.